The predicted octanol–water partition coefficient (Wildman–Crippen LogP) is 1.27. The van der Waals surface area contributed by atoms with E-state index in [1.807, 2.05) is 24.4 Å². The second kappa shape index (κ2) is 5.27. The van der Waals surface area contributed by atoms with E-state index in [-0.39, 0.29) is 11.3 Å². The van der Waals surface area contributed by atoms with Crippen molar-refractivity contribution < 1.29 is 9.53 Å². The predicted molar refractivity (Wildman–Crippen MR) is 64.7 cm³/mol. The first-order valence-corrected chi connectivity index (χ1v) is 5.94. The zero-order valence-electron chi connectivity index (χ0n) is 10.1. The van der Waals surface area contributed by atoms with Crippen LogP contribution in [0.5, 0.6) is 0 Å². The van der Waals surface area contributed by atoms with Crippen molar-refractivity contribution in [2.24, 2.45) is 0 Å². The van der Waals surface area contributed by atoms with Gasteiger partial charge in [-0.05, 0) is 25.0 Å². The van der Waals surface area contributed by atoms with Gasteiger partial charge in [-0.25, -0.2) is 0 Å². The number of hydrogen-bond acceptors (Lipinski definition) is 3. The van der Waals surface area contributed by atoms with Crippen LogP contribution in [0.4, 0.5) is 0 Å². The maximum absolute atomic E-state index is 11.5. The van der Waals surface area contributed by atoms with E-state index in [9.17, 15) is 4.79 Å². The van der Waals surface area contributed by atoms with Gasteiger partial charge in [0.15, 0.2) is 0 Å². The van der Waals surface area contributed by atoms with Crippen LogP contribution in [0.25, 0.3) is 0 Å². The van der Waals surface area contributed by atoms with Gasteiger partial charge in [0.2, 0.25) is 5.91 Å². The van der Waals surface area contributed by atoms with Crippen molar-refractivity contribution in [1.82, 2.24) is 10.3 Å². The Labute approximate surface area is 101 Å². The van der Waals surface area contributed by atoms with Gasteiger partial charge in [-0.15, -0.1) is 0 Å². The highest BCUT2D eigenvalue weighted by Crippen LogP contribution is 2.46. The summed E-state index contributed by atoms with van der Waals surface area (Å²) in [6, 6.07) is 5.94. The molecule has 17 heavy (non-hydrogen) atoms. The number of rotatable bonds is 6. The molecule has 0 aliphatic heterocycles. The summed E-state index contributed by atoms with van der Waals surface area (Å²) in [5.74, 6) is 0.0501. The molecular formula is C13H18N2O2. The summed E-state index contributed by atoms with van der Waals surface area (Å²) < 4.78 is 4.87. The van der Waals surface area contributed by atoms with Gasteiger partial charge in [0.1, 0.15) is 0 Å². The van der Waals surface area contributed by atoms with E-state index in [2.05, 4.69) is 10.3 Å². The van der Waals surface area contributed by atoms with Crippen molar-refractivity contribution in [3.05, 3.63) is 30.1 Å². The number of nitrogens with one attached hydrogen (secondary N) is 1. The van der Waals surface area contributed by atoms with Gasteiger partial charge < -0.3 is 10.1 Å². The highest BCUT2D eigenvalue weighted by Gasteiger charge is 2.45. The van der Waals surface area contributed by atoms with Crippen LogP contribution in [0.2, 0.25) is 0 Å². The van der Waals surface area contributed by atoms with Gasteiger partial charge in [-0.2, -0.15) is 0 Å². The van der Waals surface area contributed by atoms with Crippen LogP contribution in [0.3, 0.4) is 0 Å². The van der Waals surface area contributed by atoms with Crippen LogP contribution < -0.4 is 5.32 Å². The zero-order valence-corrected chi connectivity index (χ0v) is 10.1. The maximum Gasteiger partial charge on any atom is 0.222 e. The van der Waals surface area contributed by atoms with Crippen LogP contribution in [-0.4, -0.2) is 31.2 Å². The molecule has 0 unspecified atom stereocenters. The molecule has 92 valence electrons. The molecule has 2 rings (SSSR count). The Morgan fingerprint density at radius 1 is 1.53 bits per heavy atom. The molecule has 0 atom stereocenters. The average molecular weight is 234 g/mol. The van der Waals surface area contributed by atoms with E-state index in [4.69, 9.17) is 4.74 Å². The quantitative estimate of drug-likeness (QED) is 0.806. The molecule has 1 N–H and O–H groups in total. The fraction of sp³-hybridized carbons (Fsp3) is 0.538. The number of pyridine rings is 1. The second-order valence-corrected chi connectivity index (χ2v) is 4.51. The lowest BCUT2D eigenvalue weighted by atomic mass is 10.0. The van der Waals surface area contributed by atoms with E-state index in [0.717, 1.165) is 18.5 Å². The molecular weight excluding hydrogens is 216 g/mol. The molecule has 1 aromatic rings. The van der Waals surface area contributed by atoms with Crippen molar-refractivity contribution in [2.45, 2.75) is 24.7 Å². The number of nitrogens with zero attached hydrogens (tertiary/aromatic N) is 1. The van der Waals surface area contributed by atoms with Crippen LogP contribution in [0.15, 0.2) is 24.4 Å². The smallest absolute Gasteiger partial charge is 0.222 e. The van der Waals surface area contributed by atoms with Gasteiger partial charge in [0.05, 0.1) is 6.61 Å². The molecule has 1 aliphatic rings. The maximum atomic E-state index is 11.5. The monoisotopic (exact) mass is 234 g/mol. The fourth-order valence-corrected chi connectivity index (χ4v) is 1.90. The lowest BCUT2D eigenvalue weighted by Crippen LogP contribution is -2.33. The number of carbonyl (C=O) groups is 1. The van der Waals surface area contributed by atoms with Gasteiger partial charge >= 0.3 is 0 Å². The molecule has 0 spiro atoms. The Kier molecular flexibility index (Phi) is 3.74. The zero-order chi connectivity index (χ0) is 12.1. The molecule has 4 nitrogen and oxygen atoms in total. The highest BCUT2D eigenvalue weighted by atomic mass is 16.5. The second-order valence-electron chi connectivity index (χ2n) is 4.51. The summed E-state index contributed by atoms with van der Waals surface area (Å²) in [5, 5.41) is 2.96. The van der Waals surface area contributed by atoms with Crippen molar-refractivity contribution >= 4 is 5.91 Å². The van der Waals surface area contributed by atoms with Gasteiger partial charge in [0.25, 0.3) is 0 Å². The standard InChI is InChI=1S/C13H18N2O2/c1-17-9-5-12(16)15-10-13(6-7-13)11-4-2-3-8-14-11/h2-4,8H,5-7,9-10H2,1H3,(H,15,16). The Morgan fingerprint density at radius 3 is 2.94 bits per heavy atom. The SMILES string of the molecule is COCCC(=O)NCC1(c2ccccn2)CC1. The minimum Gasteiger partial charge on any atom is -0.384 e. The normalized spacial score (nSPS) is 16.5. The summed E-state index contributed by atoms with van der Waals surface area (Å²) in [6.45, 7) is 1.16. The van der Waals surface area contributed by atoms with Crippen LogP contribution in [0.1, 0.15) is 25.0 Å². The molecule has 0 saturated heterocycles. The lowest BCUT2D eigenvalue weighted by Gasteiger charge is -2.15. The minimum absolute atomic E-state index is 0.0501. The van der Waals surface area contributed by atoms with Crippen molar-refractivity contribution in [3.63, 3.8) is 0 Å². The number of aromatic nitrogens is 1. The van der Waals surface area contributed by atoms with Gasteiger partial charge in [-0.1, -0.05) is 6.07 Å². The van der Waals surface area contributed by atoms with Crippen LogP contribution >= 0.6 is 0 Å². The van der Waals surface area contributed by atoms with Crippen molar-refractivity contribution in [2.75, 3.05) is 20.3 Å². The number of methoxy groups -OCH3 is 1. The van der Waals surface area contributed by atoms with E-state index in [1.165, 1.54) is 0 Å². The van der Waals surface area contributed by atoms with Crippen LogP contribution in [-0.2, 0) is 14.9 Å². The first-order valence-electron chi connectivity index (χ1n) is 5.94. The third-order valence-electron chi connectivity index (χ3n) is 3.22. The van der Waals surface area contributed by atoms with Gasteiger partial charge in [0, 0.05) is 37.4 Å². The molecule has 0 aromatic carbocycles. The first-order chi connectivity index (χ1) is 8.27. The van der Waals surface area contributed by atoms with E-state index < -0.39 is 0 Å². The summed E-state index contributed by atoms with van der Waals surface area (Å²) in [5.41, 5.74) is 1.18. The summed E-state index contributed by atoms with van der Waals surface area (Å²) >= 11 is 0. The summed E-state index contributed by atoms with van der Waals surface area (Å²) in [4.78, 5) is 15.9. The Balaban J connectivity index is 1.85. The number of ether oxygens (including phenoxy) is 1. The molecule has 4 heteroatoms. The van der Waals surface area contributed by atoms with Crippen molar-refractivity contribution in [1.29, 1.82) is 0 Å². The van der Waals surface area contributed by atoms with E-state index >= 15 is 0 Å². The highest BCUT2D eigenvalue weighted by molar-refractivity contribution is 5.76. The first kappa shape index (κ1) is 12.0. The summed E-state index contributed by atoms with van der Waals surface area (Å²) in [6.07, 6.45) is 4.44. The third-order valence-corrected chi connectivity index (χ3v) is 3.22. The largest absolute Gasteiger partial charge is 0.384 e. The van der Waals surface area contributed by atoms with Crippen LogP contribution in [0, 0.1) is 0 Å². The van der Waals surface area contributed by atoms with Crippen molar-refractivity contribution in [3.8, 4) is 0 Å². The Hall–Kier alpha value is -1.42. The number of hydrogen-bond donors (Lipinski definition) is 1. The van der Waals surface area contributed by atoms with E-state index in [0.29, 0.717) is 19.6 Å². The molecule has 1 aromatic heterocycles. The molecule has 1 aliphatic carbocycles. The molecule has 0 bridgehead atoms. The van der Waals surface area contributed by atoms with E-state index in [1.54, 1.807) is 7.11 Å². The number of amides is 1. The average Bonchev–Trinajstić information content (AvgIpc) is 3.16. The minimum atomic E-state index is 0.0501. The molecule has 1 saturated carbocycles. The van der Waals surface area contributed by atoms with Gasteiger partial charge in [-0.3, -0.25) is 9.78 Å². The molecule has 1 amide bonds. The molecule has 1 fully saturated rings. The third kappa shape index (κ3) is 3.03. The fourth-order valence-electron chi connectivity index (χ4n) is 1.90. The Morgan fingerprint density at radius 2 is 2.35 bits per heavy atom. The molecule has 1 heterocycles. The number of carbonyl (C=O) groups excluding carboxylic acids is 1. The lowest BCUT2D eigenvalue weighted by molar-refractivity contribution is -0.122. The summed E-state index contributed by atoms with van der Waals surface area (Å²) in [7, 11) is 1.60. The topological polar surface area (TPSA) is 51.2 Å². The Bertz CT molecular complexity index is 374. The molecule has 0 radical (unpaired) electrons.